The second-order valence-corrected chi connectivity index (χ2v) is 9.86. The Balaban J connectivity index is 1.99. The Morgan fingerprint density at radius 2 is 1.09 bits per heavy atom. The Kier molecular flexibility index (Phi) is 6.06. The fourth-order valence-corrected chi connectivity index (χ4v) is 4.38. The molecule has 0 amide bonds. The topological polar surface area (TPSA) is 18.5 Å². The first kappa shape index (κ1) is 22.8. The summed E-state index contributed by atoms with van der Waals surface area (Å²) >= 11 is 0. The Hall–Kier alpha value is -2.40. The van der Waals surface area contributed by atoms with Crippen LogP contribution in [0.15, 0.2) is 84.9 Å². The third-order valence-corrected chi connectivity index (χ3v) is 7.37. The number of quaternary nitrogens is 1. The molecule has 32 heavy (non-hydrogen) atoms. The van der Waals surface area contributed by atoms with E-state index < -0.39 is 18.5 Å². The predicted molar refractivity (Wildman–Crippen MR) is 135 cm³/mol. The molecule has 0 N–H and O–H groups in total. The van der Waals surface area contributed by atoms with Gasteiger partial charge in [-0.15, -0.1) is 0 Å². The highest BCUT2D eigenvalue weighted by Crippen LogP contribution is 2.50. The molecule has 4 rings (SSSR count). The first-order valence-electron chi connectivity index (χ1n) is 11.7. The molecule has 3 aromatic carbocycles. The third kappa shape index (κ3) is 3.71. The number of hydrogen-bond donors (Lipinski definition) is 0. The molecule has 3 aromatic rings. The van der Waals surface area contributed by atoms with E-state index in [9.17, 15) is 0 Å². The highest BCUT2D eigenvalue weighted by molar-refractivity contribution is 6.51. The van der Waals surface area contributed by atoms with Crippen LogP contribution in [0.25, 0.3) is 0 Å². The minimum Gasteiger partial charge on any atom is -0.345 e. The van der Waals surface area contributed by atoms with Crippen LogP contribution in [0, 0.1) is 0 Å². The fourth-order valence-electron chi connectivity index (χ4n) is 4.38. The highest BCUT2D eigenvalue weighted by Gasteiger charge is 2.66. The van der Waals surface area contributed by atoms with Crippen LogP contribution in [-0.4, -0.2) is 18.5 Å². The molecular weight excluding hydrogens is 393 g/mol. The molecule has 1 saturated heterocycles. The Morgan fingerprint density at radius 3 is 1.50 bits per heavy atom. The molecule has 0 bridgehead atoms. The van der Waals surface area contributed by atoms with Gasteiger partial charge in [-0.1, -0.05) is 62.4 Å². The summed E-state index contributed by atoms with van der Waals surface area (Å²) in [4.78, 5) is 0. The van der Waals surface area contributed by atoms with Gasteiger partial charge < -0.3 is 9.31 Å². The SMILES string of the molecule is CCC(C)c1ccc([N+](B2OC(C)(C)C(C)(C)O2)(c2ccccc2)c2ccccc2)cc1. The zero-order valence-electron chi connectivity index (χ0n) is 20.2. The summed E-state index contributed by atoms with van der Waals surface area (Å²) in [5.74, 6) is 0.524. The Bertz CT molecular complexity index is 977. The van der Waals surface area contributed by atoms with E-state index in [-0.39, 0.29) is 0 Å². The van der Waals surface area contributed by atoms with Crippen molar-refractivity contribution in [3.8, 4) is 0 Å². The maximum Gasteiger partial charge on any atom is 0.776 e. The summed E-state index contributed by atoms with van der Waals surface area (Å²) in [6, 6.07) is 30.1. The van der Waals surface area contributed by atoms with Crippen LogP contribution >= 0.6 is 0 Å². The van der Waals surface area contributed by atoms with Crippen LogP contribution in [0.3, 0.4) is 0 Å². The molecule has 0 radical (unpaired) electrons. The maximum absolute atomic E-state index is 6.74. The number of para-hydroxylation sites is 2. The number of benzene rings is 3. The first-order chi connectivity index (χ1) is 15.2. The van der Waals surface area contributed by atoms with Crippen molar-refractivity contribution in [2.45, 2.75) is 65.1 Å². The van der Waals surface area contributed by atoms with Gasteiger partial charge in [0, 0.05) is 0 Å². The molecule has 3 nitrogen and oxygen atoms in total. The van der Waals surface area contributed by atoms with E-state index in [1.165, 1.54) is 5.56 Å². The summed E-state index contributed by atoms with van der Waals surface area (Å²) in [5, 5.41) is 0. The van der Waals surface area contributed by atoms with Gasteiger partial charge >= 0.3 is 7.25 Å². The largest absolute Gasteiger partial charge is 0.776 e. The summed E-state index contributed by atoms with van der Waals surface area (Å²) in [6.45, 7) is 13.0. The lowest BCUT2D eigenvalue weighted by Gasteiger charge is -2.38. The van der Waals surface area contributed by atoms with Crippen LogP contribution < -0.4 is 4.39 Å². The molecule has 1 unspecified atom stereocenters. The standard InChI is InChI=1S/C28H35BNO2/c1-7-22(2)23-18-20-26(21-19-23)30(24-14-10-8-11-15-24,25-16-12-9-13-17-25)29-31-27(3,4)28(5,6)32-29/h8-22H,7H2,1-6H3/q+1. The van der Waals surface area contributed by atoms with Crippen LogP contribution in [0.5, 0.6) is 0 Å². The van der Waals surface area contributed by atoms with Gasteiger partial charge in [-0.2, -0.15) is 0 Å². The Labute approximate surface area is 193 Å². The molecule has 1 aliphatic heterocycles. The second kappa shape index (κ2) is 8.51. The number of rotatable bonds is 6. The molecule has 1 heterocycles. The molecule has 4 heteroatoms. The lowest BCUT2D eigenvalue weighted by molar-refractivity contribution is 0.00578. The van der Waals surface area contributed by atoms with Crippen molar-refractivity contribution in [2.24, 2.45) is 0 Å². The molecule has 1 fully saturated rings. The van der Waals surface area contributed by atoms with E-state index in [1.807, 2.05) is 0 Å². The molecule has 0 aromatic heterocycles. The van der Waals surface area contributed by atoms with E-state index in [2.05, 4.69) is 126 Å². The summed E-state index contributed by atoms with van der Waals surface area (Å²) in [7, 11) is -0.528. The minimum atomic E-state index is -0.528. The van der Waals surface area contributed by atoms with Crippen molar-refractivity contribution < 1.29 is 9.31 Å². The maximum atomic E-state index is 6.74. The fraction of sp³-hybridized carbons (Fsp3) is 0.357. The van der Waals surface area contributed by atoms with E-state index in [0.29, 0.717) is 10.3 Å². The molecule has 1 aliphatic rings. The van der Waals surface area contributed by atoms with Gasteiger partial charge in [0.1, 0.15) is 17.1 Å². The Morgan fingerprint density at radius 1 is 0.688 bits per heavy atom. The average Bonchev–Trinajstić information content (AvgIpc) is 3.02. The molecule has 0 aliphatic carbocycles. The van der Waals surface area contributed by atoms with Gasteiger partial charge in [-0.3, -0.25) is 0 Å². The van der Waals surface area contributed by atoms with Crippen LogP contribution in [-0.2, 0) is 9.31 Å². The normalized spacial score (nSPS) is 18.5. The van der Waals surface area contributed by atoms with Crippen molar-refractivity contribution >= 4 is 24.3 Å². The predicted octanol–water partition coefficient (Wildman–Crippen LogP) is 7.76. The molecule has 0 saturated carbocycles. The van der Waals surface area contributed by atoms with Gasteiger partial charge in [0.15, 0.2) is 0 Å². The van der Waals surface area contributed by atoms with E-state index >= 15 is 0 Å². The van der Waals surface area contributed by atoms with Crippen LogP contribution in [0.2, 0.25) is 0 Å². The van der Waals surface area contributed by atoms with Gasteiger partial charge in [-0.05, 0) is 82.0 Å². The highest BCUT2D eigenvalue weighted by atomic mass is 16.7. The minimum absolute atomic E-state index is 0.343. The lowest BCUT2D eigenvalue weighted by Crippen LogP contribution is -2.54. The molecule has 166 valence electrons. The zero-order valence-corrected chi connectivity index (χ0v) is 20.2. The van der Waals surface area contributed by atoms with Gasteiger partial charge in [0.2, 0.25) is 0 Å². The zero-order chi connectivity index (χ0) is 23.0. The average molecular weight is 428 g/mol. The first-order valence-corrected chi connectivity index (χ1v) is 11.7. The quantitative estimate of drug-likeness (QED) is 0.374. The van der Waals surface area contributed by atoms with Crippen LogP contribution in [0.4, 0.5) is 17.1 Å². The van der Waals surface area contributed by atoms with E-state index in [4.69, 9.17) is 9.31 Å². The third-order valence-electron chi connectivity index (χ3n) is 7.37. The number of nitrogens with zero attached hydrogens (tertiary/aromatic N) is 1. The lowest BCUT2D eigenvalue weighted by atomic mass is 9.89. The number of hydrogen-bond acceptors (Lipinski definition) is 2. The smallest absolute Gasteiger partial charge is 0.345 e. The van der Waals surface area contributed by atoms with Crippen molar-refractivity contribution in [3.63, 3.8) is 0 Å². The van der Waals surface area contributed by atoms with Crippen molar-refractivity contribution in [1.82, 2.24) is 4.39 Å². The van der Waals surface area contributed by atoms with E-state index in [0.717, 1.165) is 23.5 Å². The molecule has 1 atom stereocenters. The summed E-state index contributed by atoms with van der Waals surface area (Å²) in [6.07, 6.45) is 1.12. The van der Waals surface area contributed by atoms with Crippen molar-refractivity contribution in [2.75, 3.05) is 0 Å². The van der Waals surface area contributed by atoms with Crippen LogP contribution in [0.1, 0.15) is 59.4 Å². The van der Waals surface area contributed by atoms with E-state index in [1.54, 1.807) is 0 Å². The van der Waals surface area contributed by atoms with Gasteiger partial charge in [-0.25, -0.2) is 4.39 Å². The van der Waals surface area contributed by atoms with Gasteiger partial charge in [0.25, 0.3) is 0 Å². The summed E-state index contributed by atoms with van der Waals surface area (Å²) < 4.78 is 13.8. The summed E-state index contributed by atoms with van der Waals surface area (Å²) in [5.41, 5.74) is 3.79. The van der Waals surface area contributed by atoms with Gasteiger partial charge in [0.05, 0.1) is 11.2 Å². The second-order valence-electron chi connectivity index (χ2n) is 9.86. The van der Waals surface area contributed by atoms with Crippen molar-refractivity contribution in [3.05, 3.63) is 90.5 Å². The monoisotopic (exact) mass is 428 g/mol. The molecular formula is C28H35BNO2+. The molecule has 0 spiro atoms. The van der Waals surface area contributed by atoms with Crippen molar-refractivity contribution in [1.29, 1.82) is 0 Å².